The van der Waals surface area contributed by atoms with Gasteiger partial charge >= 0.3 is 12.1 Å². The van der Waals surface area contributed by atoms with Crippen LogP contribution in [0.3, 0.4) is 0 Å². The minimum atomic E-state index is -1.13. The van der Waals surface area contributed by atoms with Gasteiger partial charge in [-0.05, 0) is 143 Å². The Morgan fingerprint density at radius 3 is 1.27 bits per heavy atom. The number of carboxylic acid groups (broad SMARTS) is 1. The van der Waals surface area contributed by atoms with E-state index < -0.39 is 11.6 Å². The lowest BCUT2D eigenvalue weighted by Gasteiger charge is -2.39. The molecule has 2 aliphatic rings. The molecule has 16 nitrogen and oxygen atoms in total. The van der Waals surface area contributed by atoms with E-state index in [4.69, 9.17) is 28.1 Å². The van der Waals surface area contributed by atoms with Gasteiger partial charge in [-0.1, -0.05) is 41.5 Å². The number of nitrogens with two attached hydrogens (primary N) is 1. The largest absolute Gasteiger partial charge is 0.475 e. The monoisotopic (exact) mass is 1590 g/mol. The third-order valence-corrected chi connectivity index (χ3v) is 14.7. The lowest BCUT2D eigenvalue weighted by atomic mass is 10.00. The van der Waals surface area contributed by atoms with Gasteiger partial charge in [0.25, 0.3) is 11.8 Å². The van der Waals surface area contributed by atoms with Gasteiger partial charge in [0.15, 0.2) is 28.3 Å². The molecule has 0 spiro atoms. The number of fused-ring (bicyclic) bond motifs is 3. The Labute approximate surface area is 564 Å². The van der Waals surface area contributed by atoms with Crippen LogP contribution in [0, 0.1) is 17.5 Å². The van der Waals surface area contributed by atoms with Crippen molar-refractivity contribution in [3.8, 4) is 33.8 Å². The van der Waals surface area contributed by atoms with Crippen LogP contribution < -0.4 is 5.32 Å². The first-order chi connectivity index (χ1) is 41.3. The Morgan fingerprint density at radius 2 is 0.944 bits per heavy atom. The van der Waals surface area contributed by atoms with Gasteiger partial charge in [-0.3, -0.25) is 9.59 Å². The summed E-state index contributed by atoms with van der Waals surface area (Å²) in [7, 11) is 0. The van der Waals surface area contributed by atoms with Gasteiger partial charge in [0, 0.05) is 117 Å². The predicted molar refractivity (Wildman–Crippen MR) is 373 cm³/mol. The fourth-order valence-corrected chi connectivity index (χ4v) is 10.3. The number of ether oxygens (including phenoxy) is 1. The van der Waals surface area contributed by atoms with Crippen LogP contribution in [0.1, 0.15) is 145 Å². The van der Waals surface area contributed by atoms with Crippen LogP contribution in [0.2, 0.25) is 0 Å². The van der Waals surface area contributed by atoms with Crippen molar-refractivity contribution in [1.82, 2.24) is 29.7 Å². The van der Waals surface area contributed by atoms with E-state index in [1.54, 1.807) is 58.3 Å². The Kier molecular flexibility index (Phi) is 25.1. The van der Waals surface area contributed by atoms with E-state index in [2.05, 4.69) is 73.3 Å². The summed E-state index contributed by atoms with van der Waals surface area (Å²) in [6.07, 6.45) is -0.375. The summed E-state index contributed by atoms with van der Waals surface area (Å²) < 4.78 is 62.7. The van der Waals surface area contributed by atoms with E-state index in [9.17, 15) is 32.3 Å². The molecule has 2 atom stereocenters. The molecule has 23 heteroatoms. The van der Waals surface area contributed by atoms with E-state index in [-0.39, 0.29) is 110 Å². The zero-order valence-corrected chi connectivity index (χ0v) is 58.7. The minimum absolute atomic E-state index is 0. The molecule has 2 saturated heterocycles. The van der Waals surface area contributed by atoms with Crippen molar-refractivity contribution in [2.24, 2.45) is 0 Å². The molecule has 478 valence electrons. The number of aromatic carboxylic acids is 1. The summed E-state index contributed by atoms with van der Waals surface area (Å²) in [5.41, 5.74) is 10.1. The molecule has 0 bridgehead atoms. The average molecular weight is 1590 g/mol. The lowest BCUT2D eigenvalue weighted by Crippen LogP contribution is -2.94. The first-order valence-electron chi connectivity index (χ1n) is 28.7. The molecule has 3 N–H and O–H groups in total. The van der Waals surface area contributed by atoms with Crippen molar-refractivity contribution < 1.29 is 63.6 Å². The second-order valence-corrected chi connectivity index (χ2v) is 23.6. The molecular weight excluding hydrogens is 1510 g/mol. The Bertz CT molecular complexity index is 3940. The number of hydrogen-bond acceptors (Lipinski definition) is 11. The molecule has 0 saturated carbocycles. The number of piperazine rings is 2. The summed E-state index contributed by atoms with van der Waals surface area (Å²) in [4.78, 5) is 68.9. The maximum Gasteiger partial charge on any atom is 0.410 e. The zero-order valence-electron chi connectivity index (χ0n) is 51.2. The van der Waals surface area contributed by atoms with Crippen LogP contribution in [0.5, 0.6) is 0 Å². The van der Waals surface area contributed by atoms with Crippen molar-refractivity contribution in [2.45, 2.75) is 112 Å². The summed E-state index contributed by atoms with van der Waals surface area (Å²) in [5, 5.41) is 11.3. The van der Waals surface area contributed by atoms with Crippen LogP contribution >= 0.6 is 73.6 Å². The Balaban J connectivity index is 0.000000288. The van der Waals surface area contributed by atoms with Gasteiger partial charge in [-0.15, -0.1) is 36.4 Å². The van der Waals surface area contributed by atoms with Gasteiger partial charge in [0.1, 0.15) is 45.6 Å². The molecule has 0 radical (unpaired) electrons. The highest BCUT2D eigenvalue weighted by molar-refractivity contribution is 15.0. The van der Waals surface area contributed by atoms with Crippen molar-refractivity contribution in [3.63, 3.8) is 0 Å². The predicted octanol–water partition coefficient (Wildman–Crippen LogP) is 16.8. The topological polar surface area (TPSA) is 202 Å². The molecular formula is C66H77ClF3I3N7O9+. The first kappa shape index (κ1) is 71.7. The van der Waals surface area contributed by atoms with E-state index >= 15 is 0 Å². The van der Waals surface area contributed by atoms with E-state index in [1.807, 2.05) is 78.5 Å². The number of amides is 3. The van der Waals surface area contributed by atoms with E-state index in [1.165, 1.54) is 42.5 Å². The molecule has 9 aromatic rings. The number of carbonyl (C=O) groups is 4. The molecule has 3 amide bonds. The van der Waals surface area contributed by atoms with Crippen LogP contribution in [0.4, 0.5) is 18.0 Å². The van der Waals surface area contributed by atoms with Gasteiger partial charge in [-0.25, -0.2) is 37.7 Å². The third kappa shape index (κ3) is 17.6. The van der Waals surface area contributed by atoms with Crippen molar-refractivity contribution in [3.05, 3.63) is 161 Å². The summed E-state index contributed by atoms with van der Waals surface area (Å²) in [5.74, 6) is -1.49. The SMILES string of the molecule is CC(C)c1cc(-c2ccc(F)cc2)nc2cc(C(=O)N3CCN(C(=O)OC(C)(C)C)[C@@H](C)C3)oc12.CC(C)c1cc(-c2ccc(F)cc2)nc2cc(C(=O)N3CC[NH2+][C@@H](C)C3)oc12.CC(C)c1cc(-c2ccc(F)cc2)nc2cc(C(=O)O)oc12.Cl.I.II.[2HH].[HH]. The van der Waals surface area contributed by atoms with Crippen LogP contribution in [-0.2, 0) is 4.74 Å². The number of nitrogens with zero attached hydrogens (tertiary/aromatic N) is 6. The first-order valence-corrected chi connectivity index (χ1v) is 35.0. The molecule has 3 aromatic carbocycles. The van der Waals surface area contributed by atoms with E-state index in [0.717, 1.165) is 45.6 Å². The van der Waals surface area contributed by atoms with Gasteiger partial charge < -0.3 is 43.1 Å². The third-order valence-electron chi connectivity index (χ3n) is 14.7. The number of rotatable bonds is 9. The van der Waals surface area contributed by atoms with Crippen LogP contribution in [-0.4, -0.2) is 116 Å². The number of furan rings is 3. The summed E-state index contributed by atoms with van der Waals surface area (Å²) >= 11 is 4.24. The standard InChI is InChI=1S/C27H32FN3O4.C22H24FN3O2.C17H14FNO3.ClH.I2.HI.2H2/c1-16(2)20-13-21(18-7-9-19(28)10-8-18)29-22-14-23(34-24(20)22)25(32)30-11-12-31(17(3)15-30)26(33)35-27(4,5)6;1-13(2)17-10-18(15-4-6-16(23)7-5-15)25-19-11-20(28-21(17)19)22(27)26-9-8-24-14(3)12-26;1-9(2)12-7-13(10-3-5-11(18)6-4-10)19-14-8-15(17(20)21)22-16(12)14;;1-2;;;/h7-10,13-14,16-17H,11-12,15H2,1-6H3;4-7,10-11,13-14,24H,8-9,12H2,1-3H3;3-9H,1-2H3,(H,20,21);1H;;3*1H/p+1/t17-;14-;;;;;;/m00....../s1/i;;;;;;1+1;. The second-order valence-electron chi connectivity index (χ2n) is 23.6. The van der Waals surface area contributed by atoms with Gasteiger partial charge in [0.05, 0.1) is 36.7 Å². The highest BCUT2D eigenvalue weighted by Crippen LogP contribution is 2.36. The summed E-state index contributed by atoms with van der Waals surface area (Å²) in [6.45, 7) is 25.2. The molecule has 8 heterocycles. The number of hydrogen-bond donors (Lipinski definition) is 2. The molecule has 0 unspecified atom stereocenters. The fourth-order valence-electron chi connectivity index (χ4n) is 10.3. The molecule has 0 aliphatic carbocycles. The number of carbonyl (C=O) groups excluding carboxylic acids is 3. The normalized spacial score (nSPS) is 14.9. The maximum absolute atomic E-state index is 13.4. The summed E-state index contributed by atoms with van der Waals surface area (Å²) in [6, 6.07) is 29.2. The fraction of sp³-hybridized carbons (Fsp3) is 0.348. The molecule has 2 aliphatic heterocycles. The Morgan fingerprint density at radius 1 is 0.596 bits per heavy atom. The van der Waals surface area contributed by atoms with Crippen LogP contribution in [0.15, 0.2) is 122 Å². The van der Waals surface area contributed by atoms with Crippen molar-refractivity contribution in [2.75, 3.05) is 39.3 Å². The number of benzene rings is 3. The highest BCUT2D eigenvalue weighted by atomic mass is 128. The van der Waals surface area contributed by atoms with Crippen LogP contribution in [0.25, 0.3) is 67.1 Å². The molecule has 89 heavy (non-hydrogen) atoms. The number of carboxylic acids is 1. The lowest BCUT2D eigenvalue weighted by molar-refractivity contribution is -0.693. The minimum Gasteiger partial charge on any atom is -0.475 e. The van der Waals surface area contributed by atoms with Gasteiger partial charge in [-0.2, -0.15) is 0 Å². The Hall–Kier alpha value is -6.36. The second kappa shape index (κ2) is 31.1. The quantitative estimate of drug-likeness (QED) is 0.130. The molecule has 2 fully saturated rings. The average Bonchev–Trinajstić information content (AvgIpc) is 1.84. The number of aromatic nitrogens is 3. The molecule has 6 aromatic heterocycles. The zero-order chi connectivity index (χ0) is 63.2. The molecule has 11 rings (SSSR count). The van der Waals surface area contributed by atoms with Crippen molar-refractivity contribution >= 4 is 131 Å². The van der Waals surface area contributed by atoms with Crippen molar-refractivity contribution in [1.29, 1.82) is 0 Å². The van der Waals surface area contributed by atoms with E-state index in [0.29, 0.717) is 89.2 Å². The smallest absolute Gasteiger partial charge is 0.410 e. The van der Waals surface area contributed by atoms with Gasteiger partial charge in [0.2, 0.25) is 5.76 Å². The number of pyridine rings is 3. The number of quaternary nitrogens is 1. The maximum atomic E-state index is 13.4. The highest BCUT2D eigenvalue weighted by Gasteiger charge is 2.35. The number of halogens is 7.